The van der Waals surface area contributed by atoms with Gasteiger partial charge in [0.1, 0.15) is 0 Å². The number of fused-ring (bicyclic) bond motifs is 1. The van der Waals surface area contributed by atoms with Crippen LogP contribution in [-0.4, -0.2) is 23.3 Å². The number of hydrogen-bond donors (Lipinski definition) is 0. The molecule has 0 spiro atoms. The predicted octanol–water partition coefficient (Wildman–Crippen LogP) is 4.56. The monoisotopic (exact) mass is 341 g/mol. The van der Waals surface area contributed by atoms with Crippen molar-refractivity contribution < 1.29 is 14.3 Å². The molecular weight excluding hydrogens is 326 g/mol. The highest BCUT2D eigenvalue weighted by atomic mass is 35.5. The fourth-order valence-electron chi connectivity index (χ4n) is 2.86. The SMILES string of the molecule is CCOC(=O)c1c(-c2cc(C)ccc2Cl)c(C=O)n2ccccc12. The van der Waals surface area contributed by atoms with Crippen molar-refractivity contribution in [2.24, 2.45) is 0 Å². The average Bonchev–Trinajstić information content (AvgIpc) is 2.91. The second-order valence-corrected chi connectivity index (χ2v) is 5.82. The molecule has 0 N–H and O–H groups in total. The molecule has 0 fully saturated rings. The Labute approximate surface area is 144 Å². The lowest BCUT2D eigenvalue weighted by Gasteiger charge is -2.08. The summed E-state index contributed by atoms with van der Waals surface area (Å²) in [6.45, 7) is 3.93. The van der Waals surface area contributed by atoms with Gasteiger partial charge in [0.2, 0.25) is 0 Å². The highest BCUT2D eigenvalue weighted by Crippen LogP contribution is 2.37. The van der Waals surface area contributed by atoms with E-state index in [0.29, 0.717) is 32.9 Å². The number of esters is 1. The number of benzene rings is 1. The summed E-state index contributed by atoms with van der Waals surface area (Å²) < 4.78 is 6.90. The van der Waals surface area contributed by atoms with E-state index in [9.17, 15) is 9.59 Å². The Kier molecular flexibility index (Phi) is 4.40. The van der Waals surface area contributed by atoms with Gasteiger partial charge < -0.3 is 9.14 Å². The number of aldehydes is 1. The molecule has 3 rings (SSSR count). The zero-order valence-corrected chi connectivity index (χ0v) is 14.1. The van der Waals surface area contributed by atoms with Crippen LogP contribution in [0.15, 0.2) is 42.6 Å². The van der Waals surface area contributed by atoms with Crippen LogP contribution in [0.25, 0.3) is 16.6 Å². The molecule has 2 aromatic heterocycles. The smallest absolute Gasteiger partial charge is 0.340 e. The van der Waals surface area contributed by atoms with Crippen LogP contribution in [0, 0.1) is 6.92 Å². The lowest BCUT2D eigenvalue weighted by atomic mass is 9.99. The van der Waals surface area contributed by atoms with Crippen LogP contribution < -0.4 is 0 Å². The summed E-state index contributed by atoms with van der Waals surface area (Å²) in [5.74, 6) is -0.470. The van der Waals surface area contributed by atoms with Gasteiger partial charge in [-0.3, -0.25) is 4.79 Å². The van der Waals surface area contributed by atoms with Gasteiger partial charge in [0.25, 0.3) is 0 Å². The second-order valence-electron chi connectivity index (χ2n) is 5.41. The van der Waals surface area contributed by atoms with Crippen LogP contribution in [0.4, 0.5) is 0 Å². The zero-order valence-electron chi connectivity index (χ0n) is 13.4. The molecule has 0 aliphatic carbocycles. The second kappa shape index (κ2) is 6.49. The van der Waals surface area contributed by atoms with E-state index in [4.69, 9.17) is 16.3 Å². The van der Waals surface area contributed by atoms with Crippen molar-refractivity contribution in [2.45, 2.75) is 13.8 Å². The number of carbonyl (C=O) groups is 2. The molecule has 0 aliphatic heterocycles. The first-order chi connectivity index (χ1) is 11.6. The van der Waals surface area contributed by atoms with E-state index in [-0.39, 0.29) is 6.61 Å². The molecule has 0 unspecified atom stereocenters. The minimum Gasteiger partial charge on any atom is -0.462 e. The number of hydrogen-bond acceptors (Lipinski definition) is 3. The molecular formula is C19H16ClNO3. The third-order valence-corrected chi connectivity index (χ3v) is 4.19. The Balaban J connectivity index is 2.45. The van der Waals surface area contributed by atoms with E-state index in [1.165, 1.54) is 0 Å². The number of aromatic nitrogens is 1. The van der Waals surface area contributed by atoms with Gasteiger partial charge >= 0.3 is 5.97 Å². The van der Waals surface area contributed by atoms with Gasteiger partial charge in [-0.05, 0) is 38.1 Å². The zero-order chi connectivity index (χ0) is 17.3. The number of carbonyl (C=O) groups excluding carboxylic acids is 2. The molecule has 0 saturated carbocycles. The van der Waals surface area contributed by atoms with Crippen LogP contribution in [-0.2, 0) is 4.74 Å². The van der Waals surface area contributed by atoms with E-state index >= 15 is 0 Å². The fourth-order valence-corrected chi connectivity index (χ4v) is 3.07. The summed E-state index contributed by atoms with van der Waals surface area (Å²) in [6, 6.07) is 10.9. The number of halogens is 1. The standard InChI is InChI=1S/C19H16ClNO3/c1-3-24-19(23)18-15-6-4-5-9-21(15)16(11-22)17(18)13-10-12(2)7-8-14(13)20/h4-11H,3H2,1-2H3. The number of rotatable bonds is 4. The van der Waals surface area contributed by atoms with Crippen LogP contribution in [0.5, 0.6) is 0 Å². The minimum atomic E-state index is -0.470. The highest BCUT2D eigenvalue weighted by molar-refractivity contribution is 6.34. The fraction of sp³-hybridized carbons (Fsp3) is 0.158. The van der Waals surface area contributed by atoms with Crippen LogP contribution in [0.1, 0.15) is 33.3 Å². The topological polar surface area (TPSA) is 47.8 Å². The number of nitrogens with zero attached hydrogens (tertiary/aromatic N) is 1. The summed E-state index contributed by atoms with van der Waals surface area (Å²) in [7, 11) is 0. The van der Waals surface area contributed by atoms with E-state index in [1.54, 1.807) is 35.7 Å². The molecule has 0 bridgehead atoms. The van der Waals surface area contributed by atoms with Crippen molar-refractivity contribution >= 4 is 29.4 Å². The third kappa shape index (κ3) is 2.59. The molecule has 122 valence electrons. The van der Waals surface area contributed by atoms with Crippen LogP contribution in [0.3, 0.4) is 0 Å². The van der Waals surface area contributed by atoms with Gasteiger partial charge in [-0.2, -0.15) is 0 Å². The first kappa shape index (κ1) is 16.3. The molecule has 0 saturated heterocycles. The summed E-state index contributed by atoms with van der Waals surface area (Å²) >= 11 is 6.36. The normalized spacial score (nSPS) is 10.8. The number of aryl methyl sites for hydroxylation is 1. The first-order valence-electron chi connectivity index (χ1n) is 7.60. The van der Waals surface area contributed by atoms with Gasteiger partial charge in [0, 0.05) is 22.3 Å². The molecule has 3 aromatic rings. The quantitative estimate of drug-likeness (QED) is 0.516. The predicted molar refractivity (Wildman–Crippen MR) is 93.9 cm³/mol. The minimum absolute atomic E-state index is 0.250. The number of ether oxygens (including phenoxy) is 1. The van der Waals surface area contributed by atoms with Crippen molar-refractivity contribution in [3.8, 4) is 11.1 Å². The van der Waals surface area contributed by atoms with Gasteiger partial charge in [-0.25, -0.2) is 4.79 Å². The number of pyridine rings is 1. The summed E-state index contributed by atoms with van der Waals surface area (Å²) in [6.07, 6.45) is 2.48. The maximum atomic E-state index is 12.6. The first-order valence-corrected chi connectivity index (χ1v) is 7.98. The Morgan fingerprint density at radius 3 is 2.79 bits per heavy atom. The van der Waals surface area contributed by atoms with Gasteiger partial charge in [0.05, 0.1) is 23.4 Å². The van der Waals surface area contributed by atoms with Crippen LogP contribution in [0.2, 0.25) is 5.02 Å². The van der Waals surface area contributed by atoms with E-state index < -0.39 is 5.97 Å². The summed E-state index contributed by atoms with van der Waals surface area (Å²) in [5, 5.41) is 0.477. The lowest BCUT2D eigenvalue weighted by Crippen LogP contribution is -2.06. The largest absolute Gasteiger partial charge is 0.462 e. The lowest BCUT2D eigenvalue weighted by molar-refractivity contribution is 0.0529. The maximum absolute atomic E-state index is 12.6. The molecule has 2 heterocycles. The van der Waals surface area contributed by atoms with E-state index in [0.717, 1.165) is 11.8 Å². The highest BCUT2D eigenvalue weighted by Gasteiger charge is 2.26. The van der Waals surface area contributed by atoms with Crippen LogP contribution >= 0.6 is 11.6 Å². The molecule has 0 aliphatic rings. The summed E-state index contributed by atoms with van der Waals surface area (Å²) in [4.78, 5) is 24.4. The van der Waals surface area contributed by atoms with Crippen molar-refractivity contribution in [2.75, 3.05) is 6.61 Å². The van der Waals surface area contributed by atoms with Crippen molar-refractivity contribution in [1.29, 1.82) is 0 Å². The summed E-state index contributed by atoms with van der Waals surface area (Å²) in [5.41, 5.74) is 3.48. The third-order valence-electron chi connectivity index (χ3n) is 3.86. The Hall–Kier alpha value is -2.59. The Morgan fingerprint density at radius 2 is 2.08 bits per heavy atom. The molecule has 0 radical (unpaired) electrons. The Morgan fingerprint density at radius 1 is 1.29 bits per heavy atom. The molecule has 24 heavy (non-hydrogen) atoms. The van der Waals surface area contributed by atoms with Gasteiger partial charge in [-0.1, -0.05) is 29.3 Å². The molecule has 5 heteroatoms. The van der Waals surface area contributed by atoms with Gasteiger partial charge in [0.15, 0.2) is 6.29 Å². The van der Waals surface area contributed by atoms with E-state index in [1.807, 2.05) is 25.1 Å². The molecule has 0 amide bonds. The molecule has 1 aromatic carbocycles. The maximum Gasteiger partial charge on any atom is 0.340 e. The van der Waals surface area contributed by atoms with E-state index in [2.05, 4.69) is 0 Å². The van der Waals surface area contributed by atoms with Crippen molar-refractivity contribution in [3.05, 3.63) is 64.4 Å². The van der Waals surface area contributed by atoms with Crippen molar-refractivity contribution in [3.63, 3.8) is 0 Å². The Bertz CT molecular complexity index is 943. The van der Waals surface area contributed by atoms with Crippen molar-refractivity contribution in [1.82, 2.24) is 4.40 Å². The average molecular weight is 342 g/mol. The van der Waals surface area contributed by atoms with Gasteiger partial charge in [-0.15, -0.1) is 0 Å². The molecule has 0 atom stereocenters. The molecule has 4 nitrogen and oxygen atoms in total.